The van der Waals surface area contributed by atoms with Gasteiger partial charge in [0.2, 0.25) is 0 Å². The molecule has 1 saturated heterocycles. The maximum Gasteiger partial charge on any atom is 0.290 e. The number of carbonyl (C=O) groups is 1. The van der Waals surface area contributed by atoms with Crippen LogP contribution in [0.15, 0.2) is 39.4 Å². The lowest BCUT2D eigenvalue weighted by atomic mass is 10.0. The van der Waals surface area contributed by atoms with Gasteiger partial charge in [-0.25, -0.2) is 0 Å². The van der Waals surface area contributed by atoms with Crippen molar-refractivity contribution in [3.05, 3.63) is 46.3 Å². The van der Waals surface area contributed by atoms with E-state index in [2.05, 4.69) is 15.9 Å². The van der Waals surface area contributed by atoms with Gasteiger partial charge in [-0.2, -0.15) is 0 Å². The number of rotatable bonds is 2. The van der Waals surface area contributed by atoms with Crippen molar-refractivity contribution in [2.45, 2.75) is 18.9 Å². The molecule has 6 heteroatoms. The topological polar surface area (TPSA) is 51.9 Å². The summed E-state index contributed by atoms with van der Waals surface area (Å²) >= 11 is 3.24. The molecule has 5 nitrogen and oxygen atoms in total. The van der Waals surface area contributed by atoms with Crippen LogP contribution in [0.5, 0.6) is 11.5 Å². The number of amides is 1. The number of fused-ring (bicyclic) bond motifs is 1. The van der Waals surface area contributed by atoms with Gasteiger partial charge < -0.3 is 18.8 Å². The van der Waals surface area contributed by atoms with Crippen LogP contribution in [0.25, 0.3) is 0 Å². The lowest BCUT2D eigenvalue weighted by Gasteiger charge is -2.26. The van der Waals surface area contributed by atoms with E-state index in [1.807, 2.05) is 23.1 Å². The molecule has 1 aromatic carbocycles. The van der Waals surface area contributed by atoms with Crippen LogP contribution < -0.4 is 9.47 Å². The van der Waals surface area contributed by atoms with Crippen LogP contribution in [-0.2, 0) is 0 Å². The molecule has 120 valence electrons. The number of halogens is 1. The Balaban J connectivity index is 1.61. The maximum atomic E-state index is 12.7. The summed E-state index contributed by atoms with van der Waals surface area (Å²) in [7, 11) is 0. The second kappa shape index (κ2) is 5.92. The Hall–Kier alpha value is -1.95. The maximum absolute atomic E-state index is 12.7. The monoisotopic (exact) mass is 377 g/mol. The predicted molar refractivity (Wildman–Crippen MR) is 86.9 cm³/mol. The Morgan fingerprint density at radius 3 is 2.74 bits per heavy atom. The first kappa shape index (κ1) is 14.6. The van der Waals surface area contributed by atoms with Crippen molar-refractivity contribution < 1.29 is 18.7 Å². The zero-order chi connectivity index (χ0) is 15.8. The fraction of sp³-hybridized carbons (Fsp3) is 0.353. The Morgan fingerprint density at radius 1 is 1.13 bits per heavy atom. The Bertz CT molecular complexity index is 742. The van der Waals surface area contributed by atoms with Crippen molar-refractivity contribution in [1.29, 1.82) is 0 Å². The van der Waals surface area contributed by atoms with Crippen LogP contribution in [0.1, 0.15) is 35.0 Å². The van der Waals surface area contributed by atoms with E-state index in [0.717, 1.165) is 36.4 Å². The number of hydrogen-bond donors (Lipinski definition) is 0. The largest absolute Gasteiger partial charge is 0.486 e. The average molecular weight is 378 g/mol. The normalized spacial score (nSPS) is 19.9. The third-order valence-electron chi connectivity index (χ3n) is 4.25. The van der Waals surface area contributed by atoms with Gasteiger partial charge in [0.1, 0.15) is 13.2 Å². The summed E-state index contributed by atoms with van der Waals surface area (Å²) < 4.78 is 17.2. The van der Waals surface area contributed by atoms with E-state index < -0.39 is 0 Å². The SMILES string of the molecule is O=C(c1ccc(Br)o1)N1CCC[C@H]1c1ccc2c(c1)OCCO2. The highest BCUT2D eigenvalue weighted by Gasteiger charge is 2.32. The van der Waals surface area contributed by atoms with E-state index in [4.69, 9.17) is 13.9 Å². The molecule has 0 bridgehead atoms. The van der Waals surface area contributed by atoms with Gasteiger partial charge in [-0.3, -0.25) is 4.79 Å². The quantitative estimate of drug-likeness (QED) is 0.798. The van der Waals surface area contributed by atoms with Crippen LogP contribution in [-0.4, -0.2) is 30.6 Å². The molecule has 1 aromatic heterocycles. The molecular formula is C17H16BrNO4. The number of carbonyl (C=O) groups excluding carboxylic acids is 1. The Labute approximate surface area is 142 Å². The number of ether oxygens (including phenoxy) is 2. The van der Waals surface area contributed by atoms with E-state index in [1.165, 1.54) is 0 Å². The molecule has 0 spiro atoms. The smallest absolute Gasteiger partial charge is 0.290 e. The minimum absolute atomic E-state index is 0.0437. The van der Waals surface area contributed by atoms with Crippen molar-refractivity contribution in [2.24, 2.45) is 0 Å². The summed E-state index contributed by atoms with van der Waals surface area (Å²) in [6, 6.07) is 9.41. The lowest BCUT2D eigenvalue weighted by Crippen LogP contribution is -2.30. The summed E-state index contributed by atoms with van der Waals surface area (Å²) in [4.78, 5) is 14.6. The number of benzene rings is 1. The Morgan fingerprint density at radius 2 is 1.96 bits per heavy atom. The minimum atomic E-state index is -0.0758. The van der Waals surface area contributed by atoms with Crippen molar-refractivity contribution in [3.63, 3.8) is 0 Å². The zero-order valence-corrected chi connectivity index (χ0v) is 14.0. The van der Waals surface area contributed by atoms with Gasteiger partial charge >= 0.3 is 0 Å². The number of nitrogens with zero attached hydrogens (tertiary/aromatic N) is 1. The van der Waals surface area contributed by atoms with E-state index in [1.54, 1.807) is 12.1 Å². The molecule has 2 aromatic rings. The van der Waals surface area contributed by atoms with Crippen LogP contribution >= 0.6 is 15.9 Å². The van der Waals surface area contributed by atoms with Crippen LogP contribution in [0.3, 0.4) is 0 Å². The molecule has 0 radical (unpaired) electrons. The summed E-state index contributed by atoms with van der Waals surface area (Å²) in [5.74, 6) is 1.81. The highest BCUT2D eigenvalue weighted by molar-refractivity contribution is 9.10. The second-order valence-corrected chi connectivity index (χ2v) is 6.45. The third-order valence-corrected chi connectivity index (χ3v) is 4.67. The van der Waals surface area contributed by atoms with E-state index in [0.29, 0.717) is 23.6 Å². The van der Waals surface area contributed by atoms with Gasteiger partial charge in [0.15, 0.2) is 21.9 Å². The van der Waals surface area contributed by atoms with Crippen molar-refractivity contribution in [2.75, 3.05) is 19.8 Å². The summed E-state index contributed by atoms with van der Waals surface area (Å²) in [5.41, 5.74) is 1.07. The molecule has 0 aliphatic carbocycles. The molecular weight excluding hydrogens is 362 g/mol. The van der Waals surface area contributed by atoms with Gasteiger partial charge in [-0.1, -0.05) is 6.07 Å². The molecule has 0 unspecified atom stereocenters. The summed E-state index contributed by atoms with van der Waals surface area (Å²) in [6.07, 6.45) is 1.92. The molecule has 1 atom stereocenters. The standard InChI is InChI=1S/C17H16BrNO4/c18-16-6-5-14(23-16)17(20)19-7-1-2-12(19)11-3-4-13-15(10-11)22-9-8-21-13/h3-6,10,12H,1-2,7-9H2/t12-/m0/s1. The number of likely N-dealkylation sites (tertiary alicyclic amines) is 1. The lowest BCUT2D eigenvalue weighted by molar-refractivity contribution is 0.0701. The van der Waals surface area contributed by atoms with Crippen molar-refractivity contribution in [1.82, 2.24) is 4.90 Å². The van der Waals surface area contributed by atoms with Crippen LogP contribution in [0, 0.1) is 0 Å². The predicted octanol–water partition coefficient (Wildman–Crippen LogP) is 3.79. The van der Waals surface area contributed by atoms with Crippen molar-refractivity contribution >= 4 is 21.8 Å². The molecule has 2 aliphatic rings. The first-order valence-electron chi connectivity index (χ1n) is 7.68. The Kier molecular flexibility index (Phi) is 3.77. The molecule has 23 heavy (non-hydrogen) atoms. The molecule has 1 amide bonds. The summed E-state index contributed by atoms with van der Waals surface area (Å²) in [6.45, 7) is 1.87. The van der Waals surface area contributed by atoms with Crippen LogP contribution in [0.2, 0.25) is 0 Å². The zero-order valence-electron chi connectivity index (χ0n) is 12.5. The number of hydrogen-bond acceptors (Lipinski definition) is 4. The molecule has 0 N–H and O–H groups in total. The van der Waals surface area contributed by atoms with Gasteiger partial charge in [0, 0.05) is 6.54 Å². The molecule has 2 aliphatic heterocycles. The molecule has 0 saturated carbocycles. The molecule has 4 rings (SSSR count). The van der Waals surface area contributed by atoms with Gasteiger partial charge in [0.05, 0.1) is 6.04 Å². The first-order valence-corrected chi connectivity index (χ1v) is 8.47. The van der Waals surface area contributed by atoms with Crippen LogP contribution in [0.4, 0.5) is 0 Å². The summed E-state index contributed by atoms with van der Waals surface area (Å²) in [5, 5.41) is 0. The minimum Gasteiger partial charge on any atom is -0.486 e. The fourth-order valence-electron chi connectivity index (χ4n) is 3.19. The molecule has 1 fully saturated rings. The van der Waals surface area contributed by atoms with E-state index >= 15 is 0 Å². The van der Waals surface area contributed by atoms with E-state index in [9.17, 15) is 4.79 Å². The van der Waals surface area contributed by atoms with Gasteiger partial charge in [0.25, 0.3) is 5.91 Å². The highest BCUT2D eigenvalue weighted by atomic mass is 79.9. The van der Waals surface area contributed by atoms with Gasteiger partial charge in [-0.15, -0.1) is 0 Å². The fourth-order valence-corrected chi connectivity index (χ4v) is 3.50. The number of furan rings is 1. The highest BCUT2D eigenvalue weighted by Crippen LogP contribution is 2.38. The van der Waals surface area contributed by atoms with Gasteiger partial charge in [-0.05, 0) is 58.6 Å². The second-order valence-electron chi connectivity index (χ2n) is 5.66. The first-order chi connectivity index (χ1) is 11.2. The third kappa shape index (κ3) is 2.72. The van der Waals surface area contributed by atoms with Crippen molar-refractivity contribution in [3.8, 4) is 11.5 Å². The average Bonchev–Trinajstić information content (AvgIpc) is 3.23. The molecule has 3 heterocycles. The van der Waals surface area contributed by atoms with E-state index in [-0.39, 0.29) is 11.9 Å².